The topological polar surface area (TPSA) is 199 Å². The van der Waals surface area contributed by atoms with Gasteiger partial charge in [0.2, 0.25) is 0 Å². The fraction of sp³-hybridized carbons (Fsp3) is 0.267. The number of carbonyl (C=O) groups is 4. The molecular formula is C15H18N4O6. The van der Waals surface area contributed by atoms with Crippen LogP contribution >= 0.6 is 0 Å². The molecule has 0 radical (unpaired) electrons. The Labute approximate surface area is 142 Å². The molecule has 0 amide bonds. The van der Waals surface area contributed by atoms with Gasteiger partial charge in [-0.3, -0.25) is 9.59 Å². The van der Waals surface area contributed by atoms with Crippen LogP contribution in [0, 0.1) is 0 Å². The van der Waals surface area contributed by atoms with Gasteiger partial charge in [0.15, 0.2) is 11.3 Å². The molecule has 0 fully saturated rings. The van der Waals surface area contributed by atoms with E-state index in [1.165, 1.54) is 30.5 Å². The van der Waals surface area contributed by atoms with Crippen molar-refractivity contribution in [2.45, 2.75) is 23.9 Å². The lowest BCUT2D eigenvalue weighted by atomic mass is 9.74. The summed E-state index contributed by atoms with van der Waals surface area (Å²) in [6, 6.07) is 3.90. The van der Waals surface area contributed by atoms with Gasteiger partial charge in [-0.1, -0.05) is 24.3 Å². The molecule has 0 heterocycles. The zero-order chi connectivity index (χ0) is 19.2. The summed E-state index contributed by atoms with van der Waals surface area (Å²) in [6.45, 7) is 0. The van der Waals surface area contributed by atoms with Gasteiger partial charge in [-0.05, 0) is 11.1 Å². The van der Waals surface area contributed by atoms with Gasteiger partial charge < -0.3 is 32.3 Å². The number of hydrogen-bond donors (Lipinski definition) is 5. The van der Waals surface area contributed by atoms with E-state index in [1.54, 1.807) is 0 Å². The Hall–Kier alpha value is -3.11. The van der Waals surface area contributed by atoms with Crippen molar-refractivity contribution in [2.24, 2.45) is 22.4 Å². The van der Waals surface area contributed by atoms with Gasteiger partial charge in [-0.15, -0.1) is 0 Å². The summed E-state index contributed by atoms with van der Waals surface area (Å²) < 4.78 is 0. The van der Waals surface area contributed by atoms with Gasteiger partial charge in [0.1, 0.15) is 12.2 Å². The predicted molar refractivity (Wildman–Crippen MR) is 86.8 cm³/mol. The summed E-state index contributed by atoms with van der Waals surface area (Å²) >= 11 is 0. The summed E-state index contributed by atoms with van der Waals surface area (Å²) in [6.07, 6.45) is 1.13. The van der Waals surface area contributed by atoms with Crippen LogP contribution in [-0.2, 0) is 19.2 Å². The first kappa shape index (κ1) is 19.9. The second kappa shape index (κ2) is 8.13. The highest BCUT2D eigenvalue weighted by molar-refractivity contribution is 6.14. The average molecular weight is 350 g/mol. The lowest BCUT2D eigenvalue weighted by Crippen LogP contribution is -2.65. The Morgan fingerprint density at radius 2 is 1.76 bits per heavy atom. The van der Waals surface area contributed by atoms with E-state index in [-0.39, 0.29) is 5.56 Å². The van der Waals surface area contributed by atoms with Crippen LogP contribution < -0.4 is 17.3 Å². The van der Waals surface area contributed by atoms with Gasteiger partial charge in [-0.25, -0.2) is 4.79 Å². The van der Waals surface area contributed by atoms with Gasteiger partial charge in [-0.2, -0.15) is 5.10 Å². The van der Waals surface area contributed by atoms with E-state index in [0.717, 1.165) is 0 Å². The van der Waals surface area contributed by atoms with Crippen LogP contribution in [0.4, 0.5) is 0 Å². The minimum Gasteiger partial charge on any atom is -0.481 e. The predicted octanol–water partition coefficient (Wildman–Crippen LogP) is -1.59. The molecule has 10 heteroatoms. The lowest BCUT2D eigenvalue weighted by Gasteiger charge is -2.31. The Balaban J connectivity index is 3.45. The third-order valence-corrected chi connectivity index (χ3v) is 3.64. The van der Waals surface area contributed by atoms with Crippen molar-refractivity contribution in [1.82, 2.24) is 0 Å². The average Bonchev–Trinajstić information content (AvgIpc) is 2.55. The number of Topliss-reactive ketones (excluding diaryl/α,β-unsaturated/α-hetero) is 1. The van der Waals surface area contributed by atoms with Crippen LogP contribution in [0.2, 0.25) is 0 Å². The van der Waals surface area contributed by atoms with Gasteiger partial charge in [0.05, 0.1) is 12.3 Å². The van der Waals surface area contributed by atoms with E-state index in [4.69, 9.17) is 17.3 Å². The summed E-state index contributed by atoms with van der Waals surface area (Å²) in [5.74, 6) is -1.66. The zero-order valence-electron chi connectivity index (χ0n) is 13.0. The second-order valence-electron chi connectivity index (χ2n) is 5.26. The minimum absolute atomic E-state index is 0.0294. The molecule has 0 spiro atoms. The van der Waals surface area contributed by atoms with Crippen LogP contribution in [0.15, 0.2) is 29.4 Å². The fourth-order valence-corrected chi connectivity index (χ4v) is 2.35. The number of nitrogens with two attached hydrogens (primary N) is 3. The number of rotatable bonds is 9. The largest absolute Gasteiger partial charge is 0.481 e. The molecule has 3 unspecified atom stereocenters. The van der Waals surface area contributed by atoms with Crippen molar-refractivity contribution in [1.29, 1.82) is 0 Å². The number of aliphatic carboxylic acids is 2. The Bertz CT molecular complexity index is 702. The van der Waals surface area contributed by atoms with Crippen molar-refractivity contribution in [2.75, 3.05) is 0 Å². The van der Waals surface area contributed by atoms with Crippen molar-refractivity contribution in [3.63, 3.8) is 0 Å². The first-order valence-electron chi connectivity index (χ1n) is 7.01. The number of carboxylic acid groups (broad SMARTS) is 2. The van der Waals surface area contributed by atoms with Crippen molar-refractivity contribution in [3.8, 4) is 0 Å². The summed E-state index contributed by atoms with van der Waals surface area (Å²) in [4.78, 5) is 46.3. The zero-order valence-corrected chi connectivity index (χ0v) is 13.0. The monoisotopic (exact) mass is 350 g/mol. The molecule has 0 aliphatic rings. The standard InChI is InChI=1S/C15H18N4O6/c16-10(5-6-20)12(21)15(17,14(24)25)11(13(22)23)9-3-1-8(2-4-9)7-19-18/h1-4,6-7,10-11H,5,16-18H2,(H,22,23)(H,24,25). The number of carboxylic acids is 2. The van der Waals surface area contributed by atoms with Crippen LogP contribution in [0.1, 0.15) is 23.5 Å². The van der Waals surface area contributed by atoms with Crippen LogP contribution in [0.5, 0.6) is 0 Å². The number of nitrogens with zero attached hydrogens (tertiary/aromatic N) is 1. The van der Waals surface area contributed by atoms with Crippen molar-refractivity contribution in [3.05, 3.63) is 35.4 Å². The van der Waals surface area contributed by atoms with Crippen LogP contribution in [0.3, 0.4) is 0 Å². The first-order valence-corrected chi connectivity index (χ1v) is 7.01. The molecule has 25 heavy (non-hydrogen) atoms. The van der Waals surface area contributed by atoms with Crippen LogP contribution in [-0.4, -0.2) is 52.0 Å². The molecular weight excluding hydrogens is 332 g/mol. The van der Waals surface area contributed by atoms with Gasteiger partial charge in [0, 0.05) is 6.42 Å². The molecule has 0 aromatic heterocycles. The molecule has 0 aliphatic carbocycles. The molecule has 0 saturated carbocycles. The fourth-order valence-electron chi connectivity index (χ4n) is 2.35. The summed E-state index contributed by atoms with van der Waals surface area (Å²) in [5, 5.41) is 22.2. The Morgan fingerprint density at radius 3 is 2.16 bits per heavy atom. The number of benzene rings is 1. The molecule has 1 aromatic carbocycles. The van der Waals surface area contributed by atoms with Gasteiger partial charge in [0.25, 0.3) is 0 Å². The highest BCUT2D eigenvalue weighted by atomic mass is 16.4. The number of hydrogen-bond acceptors (Lipinski definition) is 8. The molecule has 8 N–H and O–H groups in total. The van der Waals surface area contributed by atoms with E-state index in [1.807, 2.05) is 0 Å². The SMILES string of the molecule is NN=Cc1ccc(C(C(=O)O)C(N)(C(=O)O)C(=O)C(N)CC=O)cc1. The summed E-state index contributed by atoms with van der Waals surface area (Å²) in [5.41, 5.74) is 8.85. The maximum absolute atomic E-state index is 12.4. The summed E-state index contributed by atoms with van der Waals surface area (Å²) in [7, 11) is 0. The molecule has 0 aliphatic heterocycles. The van der Waals surface area contributed by atoms with Gasteiger partial charge >= 0.3 is 11.9 Å². The number of aldehydes is 1. The van der Waals surface area contributed by atoms with E-state index < -0.39 is 41.6 Å². The third kappa shape index (κ3) is 4.05. The van der Waals surface area contributed by atoms with E-state index in [9.17, 15) is 29.4 Å². The van der Waals surface area contributed by atoms with Crippen LogP contribution in [0.25, 0.3) is 0 Å². The first-order chi connectivity index (χ1) is 11.7. The molecule has 1 aromatic rings. The molecule has 1 rings (SSSR count). The number of ketones is 1. The smallest absolute Gasteiger partial charge is 0.332 e. The van der Waals surface area contributed by atoms with E-state index in [0.29, 0.717) is 11.8 Å². The maximum atomic E-state index is 12.4. The molecule has 3 atom stereocenters. The maximum Gasteiger partial charge on any atom is 0.332 e. The molecule has 10 nitrogen and oxygen atoms in total. The normalized spacial score (nSPS) is 15.9. The molecule has 134 valence electrons. The van der Waals surface area contributed by atoms with E-state index in [2.05, 4.69) is 5.10 Å². The molecule has 0 saturated heterocycles. The second-order valence-corrected chi connectivity index (χ2v) is 5.26. The number of carbonyl (C=O) groups excluding carboxylic acids is 2. The highest BCUT2D eigenvalue weighted by Gasteiger charge is 2.54. The van der Waals surface area contributed by atoms with E-state index >= 15 is 0 Å². The minimum atomic E-state index is -2.85. The lowest BCUT2D eigenvalue weighted by molar-refractivity contribution is -0.156. The Kier molecular flexibility index (Phi) is 6.48. The quantitative estimate of drug-likeness (QED) is 0.114. The highest BCUT2D eigenvalue weighted by Crippen LogP contribution is 2.30. The number of hydrazone groups is 1. The van der Waals surface area contributed by atoms with Crippen molar-refractivity contribution < 1.29 is 29.4 Å². The third-order valence-electron chi connectivity index (χ3n) is 3.64. The molecule has 0 bridgehead atoms. The van der Waals surface area contributed by atoms with Crippen molar-refractivity contribution >= 4 is 30.2 Å². The Morgan fingerprint density at radius 1 is 1.20 bits per heavy atom.